The quantitative estimate of drug-likeness (QED) is 0.556. The number of nitrogens with zero attached hydrogens (tertiary/aromatic N) is 3. The van der Waals surface area contributed by atoms with Crippen molar-refractivity contribution in [3.8, 4) is 22.6 Å². The molecule has 0 amide bonds. The van der Waals surface area contributed by atoms with Gasteiger partial charge in [-0.25, -0.2) is 14.4 Å². The van der Waals surface area contributed by atoms with Crippen LogP contribution in [0.4, 0.5) is 4.39 Å². The van der Waals surface area contributed by atoms with E-state index in [1.54, 1.807) is 36.4 Å². The summed E-state index contributed by atoms with van der Waals surface area (Å²) in [6, 6.07) is 12.8. The van der Waals surface area contributed by atoms with Crippen LogP contribution in [0.25, 0.3) is 22.6 Å². The summed E-state index contributed by atoms with van der Waals surface area (Å²) in [6.07, 6.45) is 3.34. The molecule has 0 saturated heterocycles. The van der Waals surface area contributed by atoms with Crippen LogP contribution in [0.5, 0.6) is 0 Å². The molecule has 1 atom stereocenters. The summed E-state index contributed by atoms with van der Waals surface area (Å²) >= 11 is 5.97. The van der Waals surface area contributed by atoms with E-state index in [0.29, 0.717) is 33.2 Å². The Hall–Kier alpha value is -3.09. The van der Waals surface area contributed by atoms with Crippen molar-refractivity contribution in [2.45, 2.75) is 6.10 Å². The molecule has 1 unspecified atom stereocenters. The Morgan fingerprint density at radius 3 is 2.22 bits per heavy atom. The summed E-state index contributed by atoms with van der Waals surface area (Å²) in [6.45, 7) is 0. The topological polar surface area (TPSA) is 72.0 Å². The maximum atomic E-state index is 13.3. The second-order valence-electron chi connectivity index (χ2n) is 5.86. The SMILES string of the molecule is OC(c1cncnc1)c1c(-c2ccc(Cl)cc2)noc1-c1ccc(F)cc1. The van der Waals surface area contributed by atoms with Crippen LogP contribution < -0.4 is 0 Å². The molecule has 134 valence electrons. The molecule has 4 aromatic rings. The highest BCUT2D eigenvalue weighted by molar-refractivity contribution is 6.30. The first-order valence-electron chi connectivity index (χ1n) is 8.08. The fourth-order valence-electron chi connectivity index (χ4n) is 2.79. The van der Waals surface area contributed by atoms with Gasteiger partial charge in [0.25, 0.3) is 0 Å². The summed E-state index contributed by atoms with van der Waals surface area (Å²) in [5, 5.41) is 15.7. The van der Waals surface area contributed by atoms with Crippen LogP contribution in [0.1, 0.15) is 17.2 Å². The van der Waals surface area contributed by atoms with Crippen LogP contribution in [0, 0.1) is 5.82 Å². The molecular weight excluding hydrogens is 369 g/mol. The van der Waals surface area contributed by atoms with E-state index in [9.17, 15) is 9.50 Å². The minimum Gasteiger partial charge on any atom is -0.383 e. The van der Waals surface area contributed by atoms with Crippen LogP contribution in [0.15, 0.2) is 71.8 Å². The Morgan fingerprint density at radius 1 is 0.926 bits per heavy atom. The molecule has 0 radical (unpaired) electrons. The molecule has 0 aliphatic rings. The molecule has 2 aromatic heterocycles. The Balaban J connectivity index is 1.89. The van der Waals surface area contributed by atoms with E-state index in [1.165, 1.54) is 30.9 Å². The summed E-state index contributed by atoms with van der Waals surface area (Å²) in [5.74, 6) is -0.0222. The van der Waals surface area contributed by atoms with Crippen molar-refractivity contribution in [1.29, 1.82) is 0 Å². The lowest BCUT2D eigenvalue weighted by atomic mass is 9.95. The molecule has 2 heterocycles. The van der Waals surface area contributed by atoms with Crippen molar-refractivity contribution >= 4 is 11.6 Å². The highest BCUT2D eigenvalue weighted by Crippen LogP contribution is 2.39. The van der Waals surface area contributed by atoms with Gasteiger partial charge in [0, 0.05) is 34.1 Å². The van der Waals surface area contributed by atoms with E-state index in [1.807, 2.05) is 0 Å². The number of benzene rings is 2. The number of aliphatic hydroxyl groups is 1. The smallest absolute Gasteiger partial charge is 0.173 e. The molecule has 2 aromatic carbocycles. The first-order valence-corrected chi connectivity index (χ1v) is 8.45. The van der Waals surface area contributed by atoms with E-state index < -0.39 is 6.10 Å². The molecule has 5 nitrogen and oxygen atoms in total. The predicted molar refractivity (Wildman–Crippen MR) is 98.4 cm³/mol. The molecule has 0 spiro atoms. The third-order valence-corrected chi connectivity index (χ3v) is 4.37. The molecular formula is C20H13ClFN3O2. The van der Waals surface area contributed by atoms with E-state index in [0.717, 1.165) is 5.56 Å². The van der Waals surface area contributed by atoms with Crippen LogP contribution in [-0.2, 0) is 0 Å². The third kappa shape index (κ3) is 3.45. The van der Waals surface area contributed by atoms with Gasteiger partial charge < -0.3 is 9.63 Å². The molecule has 0 aliphatic carbocycles. The van der Waals surface area contributed by atoms with Crippen LogP contribution in [0.2, 0.25) is 5.02 Å². The van der Waals surface area contributed by atoms with Gasteiger partial charge in [-0.3, -0.25) is 0 Å². The largest absolute Gasteiger partial charge is 0.383 e. The highest BCUT2D eigenvalue weighted by Gasteiger charge is 2.26. The van der Waals surface area contributed by atoms with E-state index in [4.69, 9.17) is 16.1 Å². The molecule has 4 rings (SSSR count). The van der Waals surface area contributed by atoms with Gasteiger partial charge in [-0.15, -0.1) is 0 Å². The number of hydrogen-bond donors (Lipinski definition) is 1. The molecule has 27 heavy (non-hydrogen) atoms. The van der Waals surface area contributed by atoms with Gasteiger partial charge in [-0.2, -0.15) is 0 Å². The Labute approximate surface area is 159 Å². The van der Waals surface area contributed by atoms with Crippen molar-refractivity contribution in [1.82, 2.24) is 15.1 Å². The van der Waals surface area contributed by atoms with E-state index >= 15 is 0 Å². The fourth-order valence-corrected chi connectivity index (χ4v) is 2.92. The van der Waals surface area contributed by atoms with Crippen molar-refractivity contribution in [2.24, 2.45) is 0 Å². The van der Waals surface area contributed by atoms with Gasteiger partial charge in [-0.05, 0) is 36.4 Å². The normalized spacial score (nSPS) is 12.1. The van der Waals surface area contributed by atoms with Gasteiger partial charge in [0.05, 0.1) is 5.56 Å². The first kappa shape index (κ1) is 17.3. The number of rotatable bonds is 4. The molecule has 0 bridgehead atoms. The Morgan fingerprint density at radius 2 is 1.56 bits per heavy atom. The standard InChI is InChI=1S/C20H13ClFN3O2/c21-15-5-1-12(2-6-15)18-17(19(26)14-9-23-11-24-10-14)20(27-25-18)13-3-7-16(22)8-4-13/h1-11,19,26H. The van der Waals surface area contributed by atoms with Crippen LogP contribution >= 0.6 is 11.6 Å². The zero-order valence-electron chi connectivity index (χ0n) is 13.9. The minimum atomic E-state index is -1.08. The van der Waals surface area contributed by atoms with Crippen LogP contribution in [0.3, 0.4) is 0 Å². The lowest BCUT2D eigenvalue weighted by Gasteiger charge is -2.12. The summed E-state index contributed by atoms with van der Waals surface area (Å²) in [7, 11) is 0. The summed E-state index contributed by atoms with van der Waals surface area (Å²) in [4.78, 5) is 7.91. The maximum Gasteiger partial charge on any atom is 0.173 e. The van der Waals surface area contributed by atoms with Gasteiger partial charge in [0.2, 0.25) is 0 Å². The van der Waals surface area contributed by atoms with Gasteiger partial charge in [-0.1, -0.05) is 28.9 Å². The van der Waals surface area contributed by atoms with Gasteiger partial charge in [0.15, 0.2) is 5.76 Å². The number of halogens is 2. The number of aliphatic hydroxyl groups excluding tert-OH is 1. The second kappa shape index (κ2) is 7.26. The van der Waals surface area contributed by atoms with Crippen molar-refractivity contribution in [3.05, 3.63) is 89.2 Å². The van der Waals surface area contributed by atoms with Crippen molar-refractivity contribution in [3.63, 3.8) is 0 Å². The van der Waals surface area contributed by atoms with Crippen molar-refractivity contribution in [2.75, 3.05) is 0 Å². The van der Waals surface area contributed by atoms with Crippen molar-refractivity contribution < 1.29 is 14.0 Å². The maximum absolute atomic E-state index is 13.3. The molecule has 1 N–H and O–H groups in total. The second-order valence-corrected chi connectivity index (χ2v) is 6.30. The average molecular weight is 382 g/mol. The average Bonchev–Trinajstić information content (AvgIpc) is 3.14. The molecule has 7 heteroatoms. The molecule has 0 saturated carbocycles. The number of hydrogen-bond acceptors (Lipinski definition) is 5. The summed E-state index contributed by atoms with van der Waals surface area (Å²) in [5.41, 5.74) is 2.71. The highest BCUT2D eigenvalue weighted by atomic mass is 35.5. The molecule has 0 fully saturated rings. The minimum absolute atomic E-state index is 0.344. The zero-order valence-corrected chi connectivity index (χ0v) is 14.6. The number of aromatic nitrogens is 3. The van der Waals surface area contributed by atoms with Gasteiger partial charge >= 0.3 is 0 Å². The Kier molecular flexibility index (Phi) is 4.66. The monoisotopic (exact) mass is 381 g/mol. The molecule has 0 aliphatic heterocycles. The Bertz CT molecular complexity index is 988. The van der Waals surface area contributed by atoms with E-state index in [2.05, 4.69) is 15.1 Å². The van der Waals surface area contributed by atoms with Crippen LogP contribution in [-0.4, -0.2) is 20.2 Å². The third-order valence-electron chi connectivity index (χ3n) is 4.12. The first-order chi connectivity index (χ1) is 13.1. The van der Waals surface area contributed by atoms with Gasteiger partial charge in [0.1, 0.15) is 23.9 Å². The lowest BCUT2D eigenvalue weighted by Crippen LogP contribution is -2.03. The summed E-state index contributed by atoms with van der Waals surface area (Å²) < 4.78 is 18.9. The fraction of sp³-hybridized carbons (Fsp3) is 0.0500. The predicted octanol–water partition coefficient (Wildman–Crippen LogP) is 4.67. The van der Waals surface area contributed by atoms with E-state index in [-0.39, 0.29) is 5.82 Å². The lowest BCUT2D eigenvalue weighted by molar-refractivity contribution is 0.219. The zero-order chi connectivity index (χ0) is 18.8.